The van der Waals surface area contributed by atoms with Gasteiger partial charge in [-0.15, -0.1) is 0 Å². The van der Waals surface area contributed by atoms with Crippen LogP contribution in [0.3, 0.4) is 0 Å². The van der Waals surface area contributed by atoms with Crippen LogP contribution in [0.4, 0.5) is 0 Å². The van der Waals surface area contributed by atoms with E-state index in [1.54, 1.807) is 37.3 Å². The first-order valence-corrected chi connectivity index (χ1v) is 11.0. The summed E-state index contributed by atoms with van der Waals surface area (Å²) < 4.78 is 58.5. The molecule has 0 amide bonds. The third-order valence-corrected chi connectivity index (χ3v) is 6.02. The second-order valence-corrected chi connectivity index (χ2v) is 9.24. The van der Waals surface area contributed by atoms with Crippen LogP contribution in [-0.4, -0.2) is 41.1 Å². The smallest absolute Gasteiger partial charge is 0.298 e. The molecule has 0 spiro atoms. The van der Waals surface area contributed by atoms with Crippen molar-refractivity contribution in [2.75, 3.05) is 12.9 Å². The number of sulfone groups is 1. The van der Waals surface area contributed by atoms with Crippen molar-refractivity contribution in [1.29, 1.82) is 0 Å². The summed E-state index contributed by atoms with van der Waals surface area (Å²) in [5.41, 5.74) is 0.576. The second-order valence-electron chi connectivity index (χ2n) is 5.67. The van der Waals surface area contributed by atoms with Crippen LogP contribution in [0.5, 0.6) is 5.75 Å². The minimum atomic E-state index is -4.31. The number of aryl methyl sites for hydroxylation is 1. The molecule has 0 saturated carbocycles. The Kier molecular flexibility index (Phi) is 6.40. The average Bonchev–Trinajstić information content (AvgIpc) is 2.54. The minimum absolute atomic E-state index is 0.117. The van der Waals surface area contributed by atoms with Gasteiger partial charge in [0.05, 0.1) is 11.5 Å². The molecule has 0 aliphatic rings. The van der Waals surface area contributed by atoms with Gasteiger partial charge in [0.15, 0.2) is 16.1 Å². The first-order valence-electron chi connectivity index (χ1n) is 7.69. The Morgan fingerprint density at radius 3 is 2.27 bits per heavy atom. The fourth-order valence-electron chi connectivity index (χ4n) is 2.15. The largest absolute Gasteiger partial charge is 0.465 e. The summed E-state index contributed by atoms with van der Waals surface area (Å²) in [6.07, 6.45) is -0.457. The predicted octanol–water partition coefficient (Wildman–Crippen LogP) is 1.89. The van der Waals surface area contributed by atoms with Crippen LogP contribution >= 0.6 is 0 Å². The Morgan fingerprint density at radius 2 is 1.65 bits per heavy atom. The quantitative estimate of drug-likeness (QED) is 0.533. The number of hydrogen-bond acceptors (Lipinski definition) is 7. The van der Waals surface area contributed by atoms with Gasteiger partial charge in [0.1, 0.15) is 10.6 Å². The molecule has 0 bridgehead atoms. The van der Waals surface area contributed by atoms with E-state index in [9.17, 15) is 21.9 Å². The molecule has 9 heteroatoms. The third kappa shape index (κ3) is 5.53. The zero-order valence-corrected chi connectivity index (χ0v) is 16.0. The van der Waals surface area contributed by atoms with Crippen LogP contribution in [0.2, 0.25) is 0 Å². The lowest BCUT2D eigenvalue weighted by Gasteiger charge is -2.14. The molecule has 142 valence electrons. The summed E-state index contributed by atoms with van der Waals surface area (Å²) in [7, 11) is -8.06. The number of rotatable bonds is 8. The Balaban J connectivity index is 2.07. The van der Waals surface area contributed by atoms with Gasteiger partial charge in [-0.3, -0.25) is 4.18 Å². The summed E-state index contributed by atoms with van der Waals surface area (Å²) in [6.45, 7) is 1.27. The van der Waals surface area contributed by atoms with Crippen molar-refractivity contribution in [1.82, 2.24) is 0 Å². The highest BCUT2D eigenvalue weighted by Gasteiger charge is 2.25. The van der Waals surface area contributed by atoms with Gasteiger partial charge in [-0.1, -0.05) is 24.3 Å². The molecule has 0 heterocycles. The van der Waals surface area contributed by atoms with Crippen molar-refractivity contribution >= 4 is 20.0 Å². The molecular formula is C17H20O7S2. The molecule has 0 saturated heterocycles. The number of aliphatic hydroxyl groups is 1. The van der Waals surface area contributed by atoms with Crippen molar-refractivity contribution in [3.05, 3.63) is 54.1 Å². The molecule has 7 nitrogen and oxygen atoms in total. The average molecular weight is 400 g/mol. The topological polar surface area (TPSA) is 107 Å². The van der Waals surface area contributed by atoms with Crippen LogP contribution in [0.15, 0.2) is 58.3 Å². The summed E-state index contributed by atoms with van der Waals surface area (Å²) in [5.74, 6) is 0.431. The molecule has 1 atom stereocenters. The van der Waals surface area contributed by atoms with Gasteiger partial charge in [0.25, 0.3) is 10.1 Å². The van der Waals surface area contributed by atoms with Gasteiger partial charge < -0.3 is 9.84 Å². The molecule has 0 radical (unpaired) electrons. The van der Waals surface area contributed by atoms with Crippen molar-refractivity contribution in [2.24, 2.45) is 0 Å². The Bertz CT molecular complexity index is 952. The lowest BCUT2D eigenvalue weighted by atomic mass is 10.2. The van der Waals surface area contributed by atoms with Crippen LogP contribution < -0.4 is 4.74 Å². The Hall–Kier alpha value is -1.94. The lowest BCUT2D eigenvalue weighted by molar-refractivity contribution is -0.0302. The van der Waals surface area contributed by atoms with Crippen LogP contribution in [0.25, 0.3) is 0 Å². The van der Waals surface area contributed by atoms with E-state index in [2.05, 4.69) is 0 Å². The van der Waals surface area contributed by atoms with Gasteiger partial charge in [-0.2, -0.15) is 8.42 Å². The number of ether oxygens (including phenoxy) is 1. The van der Waals surface area contributed by atoms with Crippen molar-refractivity contribution < 1.29 is 30.9 Å². The first-order chi connectivity index (χ1) is 12.1. The summed E-state index contributed by atoms with van der Waals surface area (Å²) >= 11 is 0. The van der Waals surface area contributed by atoms with E-state index in [0.717, 1.165) is 6.26 Å². The zero-order chi connectivity index (χ0) is 19.4. The molecule has 26 heavy (non-hydrogen) atoms. The van der Waals surface area contributed by atoms with E-state index in [1.165, 1.54) is 18.2 Å². The van der Waals surface area contributed by atoms with Crippen molar-refractivity contribution in [3.63, 3.8) is 0 Å². The molecule has 0 aromatic heterocycles. The first kappa shape index (κ1) is 20.4. The van der Waals surface area contributed by atoms with E-state index in [-0.39, 0.29) is 17.9 Å². The van der Waals surface area contributed by atoms with Crippen molar-refractivity contribution in [2.45, 2.75) is 29.4 Å². The van der Waals surface area contributed by atoms with E-state index < -0.39 is 31.1 Å². The fraction of sp³-hybridized carbons (Fsp3) is 0.294. The van der Waals surface area contributed by atoms with Gasteiger partial charge >= 0.3 is 0 Å². The maximum Gasteiger partial charge on any atom is 0.298 e. The number of hydrogen-bond donors (Lipinski definition) is 1. The van der Waals surface area contributed by atoms with Crippen molar-refractivity contribution in [3.8, 4) is 5.75 Å². The maximum absolute atomic E-state index is 12.4. The minimum Gasteiger partial charge on any atom is -0.465 e. The van der Waals surface area contributed by atoms with E-state index in [1.807, 2.05) is 0 Å². The lowest BCUT2D eigenvalue weighted by Crippen LogP contribution is -2.20. The molecule has 2 aromatic carbocycles. The third-order valence-electron chi connectivity index (χ3n) is 3.39. The van der Waals surface area contributed by atoms with Crippen LogP contribution in [0, 0.1) is 6.92 Å². The maximum atomic E-state index is 12.4. The number of aliphatic hydroxyl groups excluding tert-OH is 1. The SMILES string of the molecule is Cc1ccc(S(C)(=O)=O)c(S(=O)(=O)OCCC(O)Oc2ccccc2)c1. The standard InChI is InChI=1S/C17H20O7S2/c1-13-8-9-15(25(2,19)20)16(12-13)26(21,22)23-11-10-17(18)24-14-6-4-3-5-7-14/h3-9,12,17-18H,10-11H2,1-2H3. The predicted molar refractivity (Wildman–Crippen MR) is 95.1 cm³/mol. The van der Waals surface area contributed by atoms with Gasteiger partial charge in [-0.25, -0.2) is 8.42 Å². The van der Waals surface area contributed by atoms with E-state index >= 15 is 0 Å². The Morgan fingerprint density at radius 1 is 1.00 bits per heavy atom. The summed E-state index contributed by atoms with van der Waals surface area (Å²) in [4.78, 5) is -0.748. The molecule has 0 fully saturated rings. The molecule has 0 aliphatic heterocycles. The molecule has 1 N–H and O–H groups in total. The highest BCUT2D eigenvalue weighted by Crippen LogP contribution is 2.24. The highest BCUT2D eigenvalue weighted by atomic mass is 32.2. The Labute approximate surface area is 153 Å². The molecule has 0 aliphatic carbocycles. The fourth-order valence-corrected chi connectivity index (χ4v) is 4.74. The van der Waals surface area contributed by atoms with E-state index in [4.69, 9.17) is 8.92 Å². The zero-order valence-electron chi connectivity index (χ0n) is 14.3. The van der Waals surface area contributed by atoms with Crippen LogP contribution in [-0.2, 0) is 24.1 Å². The highest BCUT2D eigenvalue weighted by molar-refractivity contribution is 7.92. The van der Waals surface area contributed by atoms with Crippen LogP contribution in [0.1, 0.15) is 12.0 Å². The molecule has 1 unspecified atom stereocenters. The van der Waals surface area contributed by atoms with Gasteiger partial charge in [-0.05, 0) is 36.8 Å². The summed E-state index contributed by atoms with van der Waals surface area (Å²) in [6, 6.07) is 12.5. The van der Waals surface area contributed by atoms with Gasteiger partial charge in [0.2, 0.25) is 0 Å². The monoisotopic (exact) mass is 400 g/mol. The van der Waals surface area contributed by atoms with Gasteiger partial charge in [0, 0.05) is 12.7 Å². The molecule has 2 rings (SSSR count). The molecule has 2 aromatic rings. The van der Waals surface area contributed by atoms with E-state index in [0.29, 0.717) is 11.3 Å². The second kappa shape index (κ2) is 8.17. The number of benzene rings is 2. The summed E-state index contributed by atoms with van der Waals surface area (Å²) in [5, 5.41) is 9.81. The normalized spacial score (nSPS) is 13.3. The molecular weight excluding hydrogens is 380 g/mol. The number of para-hydroxylation sites is 1.